The van der Waals surface area contributed by atoms with Crippen molar-refractivity contribution < 1.29 is 4.79 Å². The minimum Gasteiger partial charge on any atom is -0.295 e. The molecule has 0 fully saturated rings. The zero-order chi connectivity index (χ0) is 7.94. The van der Waals surface area contributed by atoms with Crippen molar-refractivity contribution in [2.45, 2.75) is 6.42 Å². The Bertz CT molecular complexity index is 246. The van der Waals surface area contributed by atoms with Gasteiger partial charge in [-0.15, -0.1) is 0 Å². The fourth-order valence-electron chi connectivity index (χ4n) is 0.674. The Morgan fingerprint density at radius 1 is 1.27 bits per heavy atom. The Morgan fingerprint density at radius 3 is 3.09 bits per heavy atom. The average molecular weight is 147 g/mol. The minimum atomic E-state index is 0.100. The molecule has 11 heavy (non-hydrogen) atoms. The first kappa shape index (κ1) is 7.66. The summed E-state index contributed by atoms with van der Waals surface area (Å²) in [5, 5.41) is 0. The molecule has 1 aliphatic heterocycles. The molecule has 0 atom stereocenters. The molecule has 0 saturated carbocycles. The summed E-state index contributed by atoms with van der Waals surface area (Å²) in [7, 11) is 0. The standard InChI is InChI=1S/C9H9NO/c11-9-5-2-1-3-7-10-8-4-6-9/h1-5,7-8H,6H2/b3-1-,5-2-,8-4-,10-7-. The maximum Gasteiger partial charge on any atom is 0.159 e. The smallest absolute Gasteiger partial charge is 0.159 e. The van der Waals surface area contributed by atoms with E-state index in [1.54, 1.807) is 42.8 Å². The molecule has 56 valence electrons. The van der Waals surface area contributed by atoms with Crippen LogP contribution in [0.3, 0.4) is 0 Å². The number of ketones is 1. The third kappa shape index (κ3) is 3.30. The molecule has 0 aromatic carbocycles. The number of nitrogens with zero attached hydrogens (tertiary/aromatic N) is 1. The van der Waals surface area contributed by atoms with Crippen LogP contribution in [0.2, 0.25) is 0 Å². The molecule has 0 aliphatic carbocycles. The summed E-state index contributed by atoms with van der Waals surface area (Å²) < 4.78 is 0. The van der Waals surface area contributed by atoms with Gasteiger partial charge in [-0.3, -0.25) is 9.79 Å². The maximum absolute atomic E-state index is 10.9. The predicted octanol–water partition coefficient (Wildman–Crippen LogP) is 1.66. The summed E-state index contributed by atoms with van der Waals surface area (Å²) in [6, 6.07) is 0. The quantitative estimate of drug-likeness (QED) is 0.512. The second-order valence-electron chi connectivity index (χ2n) is 2.10. The summed E-state index contributed by atoms with van der Waals surface area (Å²) in [6.45, 7) is 0. The van der Waals surface area contributed by atoms with E-state index in [-0.39, 0.29) is 5.78 Å². The van der Waals surface area contributed by atoms with Gasteiger partial charge in [0.25, 0.3) is 0 Å². The number of rotatable bonds is 0. The Balaban J connectivity index is 2.69. The molecule has 0 amide bonds. The van der Waals surface area contributed by atoms with E-state index in [4.69, 9.17) is 0 Å². The zero-order valence-electron chi connectivity index (χ0n) is 6.10. The summed E-state index contributed by atoms with van der Waals surface area (Å²) in [5.41, 5.74) is 0. The SMILES string of the molecule is O=C1\C=C/C=C\C=N/C=C\C1. The van der Waals surface area contributed by atoms with Gasteiger partial charge in [-0.05, 0) is 12.2 Å². The predicted molar refractivity (Wildman–Crippen MR) is 45.5 cm³/mol. The molecule has 0 unspecified atom stereocenters. The number of hydrogen-bond acceptors (Lipinski definition) is 2. The van der Waals surface area contributed by atoms with Crippen LogP contribution in [0.4, 0.5) is 0 Å². The molecule has 1 heterocycles. The van der Waals surface area contributed by atoms with Gasteiger partial charge in [-0.25, -0.2) is 0 Å². The highest BCUT2D eigenvalue weighted by atomic mass is 16.1. The van der Waals surface area contributed by atoms with E-state index < -0.39 is 0 Å². The molecule has 0 spiro atoms. The normalized spacial score (nSPS) is 28.9. The second kappa shape index (κ2) is 4.39. The molecule has 1 aliphatic rings. The van der Waals surface area contributed by atoms with E-state index >= 15 is 0 Å². The zero-order valence-corrected chi connectivity index (χ0v) is 6.10. The van der Waals surface area contributed by atoms with Gasteiger partial charge in [0.2, 0.25) is 0 Å². The topological polar surface area (TPSA) is 29.4 Å². The Hall–Kier alpha value is -1.44. The van der Waals surface area contributed by atoms with Crippen molar-refractivity contribution >= 4 is 12.0 Å². The van der Waals surface area contributed by atoms with E-state index in [1.165, 1.54) is 0 Å². The van der Waals surface area contributed by atoms with Crippen molar-refractivity contribution in [3.8, 4) is 0 Å². The molecule has 0 saturated heterocycles. The minimum absolute atomic E-state index is 0.100. The largest absolute Gasteiger partial charge is 0.295 e. The first-order valence-electron chi connectivity index (χ1n) is 3.44. The Morgan fingerprint density at radius 2 is 2.18 bits per heavy atom. The van der Waals surface area contributed by atoms with E-state index in [2.05, 4.69) is 4.99 Å². The number of carbonyl (C=O) groups excluding carboxylic acids is 1. The van der Waals surface area contributed by atoms with Gasteiger partial charge in [0, 0.05) is 18.8 Å². The van der Waals surface area contributed by atoms with Gasteiger partial charge < -0.3 is 0 Å². The van der Waals surface area contributed by atoms with Crippen molar-refractivity contribution in [1.82, 2.24) is 0 Å². The molecule has 0 aromatic heterocycles. The molecule has 2 heteroatoms. The van der Waals surface area contributed by atoms with Gasteiger partial charge in [-0.2, -0.15) is 0 Å². The van der Waals surface area contributed by atoms with Crippen molar-refractivity contribution in [2.24, 2.45) is 4.99 Å². The van der Waals surface area contributed by atoms with E-state index in [0.29, 0.717) is 6.42 Å². The summed E-state index contributed by atoms with van der Waals surface area (Å²) in [6.07, 6.45) is 12.3. The lowest BCUT2D eigenvalue weighted by atomic mass is 10.2. The van der Waals surface area contributed by atoms with Crippen LogP contribution in [-0.2, 0) is 4.79 Å². The summed E-state index contributed by atoms with van der Waals surface area (Å²) in [5.74, 6) is 0.100. The van der Waals surface area contributed by atoms with Crippen LogP contribution in [0.5, 0.6) is 0 Å². The van der Waals surface area contributed by atoms with Crippen molar-refractivity contribution in [3.05, 3.63) is 36.6 Å². The number of hydrogen-bond donors (Lipinski definition) is 0. The molecule has 0 aromatic rings. The monoisotopic (exact) mass is 147 g/mol. The van der Waals surface area contributed by atoms with Crippen molar-refractivity contribution in [3.63, 3.8) is 0 Å². The van der Waals surface area contributed by atoms with Crippen LogP contribution in [0, 0.1) is 0 Å². The van der Waals surface area contributed by atoms with E-state index in [0.717, 1.165) is 0 Å². The second-order valence-corrected chi connectivity index (χ2v) is 2.10. The lowest BCUT2D eigenvalue weighted by Crippen LogP contribution is -1.88. The number of carbonyl (C=O) groups is 1. The number of allylic oxidation sites excluding steroid dienone is 5. The van der Waals surface area contributed by atoms with Gasteiger partial charge in [0.05, 0.1) is 0 Å². The molecule has 0 N–H and O–H groups in total. The van der Waals surface area contributed by atoms with Crippen LogP contribution in [0.1, 0.15) is 6.42 Å². The first-order chi connectivity index (χ1) is 5.39. The van der Waals surface area contributed by atoms with Gasteiger partial charge in [0.15, 0.2) is 5.78 Å². The third-order valence-corrected chi connectivity index (χ3v) is 1.19. The highest BCUT2D eigenvalue weighted by Crippen LogP contribution is 1.90. The van der Waals surface area contributed by atoms with Crippen LogP contribution in [-0.4, -0.2) is 12.0 Å². The van der Waals surface area contributed by atoms with Crippen LogP contribution in [0.15, 0.2) is 41.6 Å². The van der Waals surface area contributed by atoms with Crippen molar-refractivity contribution in [2.75, 3.05) is 0 Å². The van der Waals surface area contributed by atoms with Crippen LogP contribution >= 0.6 is 0 Å². The van der Waals surface area contributed by atoms with Crippen LogP contribution in [0.25, 0.3) is 0 Å². The highest BCUT2D eigenvalue weighted by molar-refractivity contribution is 5.91. The van der Waals surface area contributed by atoms with Crippen LogP contribution < -0.4 is 0 Å². The Kier molecular flexibility index (Phi) is 3.06. The fourth-order valence-corrected chi connectivity index (χ4v) is 0.674. The molecular formula is C9H9NO. The molecule has 0 radical (unpaired) electrons. The highest BCUT2D eigenvalue weighted by Gasteiger charge is 1.89. The first-order valence-corrected chi connectivity index (χ1v) is 3.44. The van der Waals surface area contributed by atoms with Gasteiger partial charge in [0.1, 0.15) is 0 Å². The fraction of sp³-hybridized carbons (Fsp3) is 0.111. The summed E-state index contributed by atoms with van der Waals surface area (Å²) >= 11 is 0. The lowest BCUT2D eigenvalue weighted by Gasteiger charge is -1.85. The third-order valence-electron chi connectivity index (χ3n) is 1.19. The molecular weight excluding hydrogens is 138 g/mol. The van der Waals surface area contributed by atoms with E-state index in [1.807, 2.05) is 0 Å². The van der Waals surface area contributed by atoms with Crippen molar-refractivity contribution in [1.29, 1.82) is 0 Å². The van der Waals surface area contributed by atoms with E-state index in [9.17, 15) is 4.79 Å². The average Bonchev–Trinajstić information content (AvgIpc) is 2.03. The lowest BCUT2D eigenvalue weighted by molar-refractivity contribution is -0.113. The molecule has 1 rings (SSSR count). The van der Waals surface area contributed by atoms with Gasteiger partial charge in [-0.1, -0.05) is 18.2 Å². The van der Waals surface area contributed by atoms with Gasteiger partial charge >= 0.3 is 0 Å². The summed E-state index contributed by atoms with van der Waals surface area (Å²) in [4.78, 5) is 14.8. The maximum atomic E-state index is 10.9. The Labute approximate surface area is 65.6 Å². The molecule has 0 bridgehead atoms. The molecule has 2 nitrogen and oxygen atoms in total. The number of aliphatic imine (C=N–C) groups is 1.